The van der Waals surface area contributed by atoms with E-state index in [9.17, 15) is 4.79 Å². The Morgan fingerprint density at radius 2 is 1.55 bits per heavy atom. The molecule has 1 atom stereocenters. The summed E-state index contributed by atoms with van der Waals surface area (Å²) in [5.41, 5.74) is 5.58. The summed E-state index contributed by atoms with van der Waals surface area (Å²) in [4.78, 5) is 12.6. The lowest BCUT2D eigenvalue weighted by molar-refractivity contribution is -0.123. The lowest BCUT2D eigenvalue weighted by atomic mass is 9.93. The van der Waals surface area contributed by atoms with Crippen molar-refractivity contribution in [1.82, 2.24) is 5.32 Å². The molecule has 4 nitrogen and oxygen atoms in total. The molecular formula is C25H35NO3. The smallest absolute Gasteiger partial charge is 0.258 e. The predicted octanol–water partition coefficient (Wildman–Crippen LogP) is 5.82. The molecule has 1 N–H and O–H groups in total. The van der Waals surface area contributed by atoms with E-state index < -0.39 is 0 Å². The zero-order valence-electron chi connectivity index (χ0n) is 19.1. The number of nitrogens with one attached hydrogen (secondary N) is 1. The molecule has 0 saturated carbocycles. The van der Waals surface area contributed by atoms with Crippen molar-refractivity contribution in [3.63, 3.8) is 0 Å². The summed E-state index contributed by atoms with van der Waals surface area (Å²) in [6.07, 6.45) is 0. The molecule has 0 bridgehead atoms. The second-order valence-corrected chi connectivity index (χ2v) is 8.38. The summed E-state index contributed by atoms with van der Waals surface area (Å²) in [6, 6.07) is 10.2. The Kier molecular flexibility index (Phi) is 7.72. The van der Waals surface area contributed by atoms with Crippen LogP contribution in [-0.4, -0.2) is 19.6 Å². The molecular weight excluding hydrogens is 362 g/mol. The Labute approximate surface area is 175 Å². The number of amides is 1. The van der Waals surface area contributed by atoms with E-state index in [1.165, 1.54) is 0 Å². The fourth-order valence-electron chi connectivity index (χ4n) is 3.56. The summed E-state index contributed by atoms with van der Waals surface area (Å²) < 4.78 is 11.4. The molecule has 0 spiro atoms. The van der Waals surface area contributed by atoms with Gasteiger partial charge in [-0.15, -0.1) is 0 Å². The van der Waals surface area contributed by atoms with E-state index in [2.05, 4.69) is 51.2 Å². The number of carbonyl (C=O) groups excluding carboxylic acids is 1. The number of aryl methyl sites for hydroxylation is 2. The normalized spacial score (nSPS) is 12.2. The van der Waals surface area contributed by atoms with Crippen molar-refractivity contribution in [2.24, 2.45) is 0 Å². The maximum absolute atomic E-state index is 12.6. The van der Waals surface area contributed by atoms with Crippen LogP contribution in [0.3, 0.4) is 0 Å². The Balaban J connectivity index is 2.10. The highest BCUT2D eigenvalue weighted by molar-refractivity contribution is 5.78. The minimum absolute atomic E-state index is 0.000245. The van der Waals surface area contributed by atoms with E-state index in [1.54, 1.807) is 7.11 Å². The van der Waals surface area contributed by atoms with Crippen molar-refractivity contribution < 1.29 is 14.3 Å². The quantitative estimate of drug-likeness (QED) is 0.611. The molecule has 0 radical (unpaired) electrons. The summed E-state index contributed by atoms with van der Waals surface area (Å²) in [5.74, 6) is 2.22. The largest absolute Gasteiger partial charge is 0.496 e. The lowest BCUT2D eigenvalue weighted by Gasteiger charge is -2.21. The maximum Gasteiger partial charge on any atom is 0.258 e. The van der Waals surface area contributed by atoms with Gasteiger partial charge in [-0.05, 0) is 78.6 Å². The van der Waals surface area contributed by atoms with E-state index in [0.29, 0.717) is 11.8 Å². The van der Waals surface area contributed by atoms with Gasteiger partial charge in [0.2, 0.25) is 0 Å². The lowest BCUT2D eigenvalue weighted by Crippen LogP contribution is -2.31. The molecule has 2 rings (SSSR count). The molecule has 2 aromatic rings. The van der Waals surface area contributed by atoms with Crippen molar-refractivity contribution in [2.45, 2.75) is 66.3 Å². The molecule has 0 heterocycles. The Bertz CT molecular complexity index is 855. The van der Waals surface area contributed by atoms with Gasteiger partial charge in [0, 0.05) is 0 Å². The third-order valence-electron chi connectivity index (χ3n) is 5.23. The van der Waals surface area contributed by atoms with Crippen LogP contribution >= 0.6 is 0 Å². The molecule has 29 heavy (non-hydrogen) atoms. The number of carbonyl (C=O) groups is 1. The summed E-state index contributed by atoms with van der Waals surface area (Å²) in [7, 11) is 1.69. The average Bonchev–Trinajstić information content (AvgIpc) is 2.65. The van der Waals surface area contributed by atoms with E-state index in [1.807, 2.05) is 32.9 Å². The first-order valence-corrected chi connectivity index (χ1v) is 10.3. The van der Waals surface area contributed by atoms with Crippen molar-refractivity contribution in [1.29, 1.82) is 0 Å². The third-order valence-corrected chi connectivity index (χ3v) is 5.23. The Morgan fingerprint density at radius 3 is 2.14 bits per heavy atom. The molecule has 0 aliphatic rings. The van der Waals surface area contributed by atoms with Crippen molar-refractivity contribution in [2.75, 3.05) is 13.7 Å². The molecule has 4 heteroatoms. The van der Waals surface area contributed by atoms with Crippen molar-refractivity contribution in [3.05, 3.63) is 58.1 Å². The van der Waals surface area contributed by atoms with Gasteiger partial charge in [-0.25, -0.2) is 0 Å². The molecule has 0 saturated heterocycles. The fraction of sp³-hybridized carbons (Fsp3) is 0.480. The number of benzene rings is 2. The monoisotopic (exact) mass is 397 g/mol. The Morgan fingerprint density at radius 1 is 0.897 bits per heavy atom. The first-order valence-electron chi connectivity index (χ1n) is 10.3. The van der Waals surface area contributed by atoms with Crippen LogP contribution in [0.5, 0.6) is 11.5 Å². The van der Waals surface area contributed by atoms with Gasteiger partial charge in [-0.2, -0.15) is 0 Å². The number of methoxy groups -OCH3 is 1. The van der Waals surface area contributed by atoms with Crippen LogP contribution in [0, 0.1) is 13.8 Å². The minimum atomic E-state index is -0.130. The summed E-state index contributed by atoms with van der Waals surface area (Å²) in [5, 5.41) is 3.07. The molecule has 1 amide bonds. The highest BCUT2D eigenvalue weighted by Gasteiger charge is 2.17. The van der Waals surface area contributed by atoms with Gasteiger partial charge < -0.3 is 14.8 Å². The molecule has 0 aliphatic carbocycles. The first-order chi connectivity index (χ1) is 13.6. The van der Waals surface area contributed by atoms with Gasteiger partial charge >= 0.3 is 0 Å². The highest BCUT2D eigenvalue weighted by atomic mass is 16.5. The van der Waals surface area contributed by atoms with Crippen LogP contribution in [0.2, 0.25) is 0 Å². The zero-order chi connectivity index (χ0) is 21.7. The van der Waals surface area contributed by atoms with E-state index in [0.717, 1.165) is 39.3 Å². The van der Waals surface area contributed by atoms with Gasteiger partial charge in [0.1, 0.15) is 11.5 Å². The van der Waals surface area contributed by atoms with E-state index in [-0.39, 0.29) is 18.6 Å². The van der Waals surface area contributed by atoms with Crippen LogP contribution in [0.4, 0.5) is 0 Å². The average molecular weight is 398 g/mol. The van der Waals surface area contributed by atoms with Gasteiger partial charge in [0.15, 0.2) is 6.61 Å². The van der Waals surface area contributed by atoms with Crippen LogP contribution in [0.25, 0.3) is 0 Å². The molecule has 0 fully saturated rings. The van der Waals surface area contributed by atoms with Gasteiger partial charge in [-0.1, -0.05) is 39.8 Å². The predicted molar refractivity (Wildman–Crippen MR) is 119 cm³/mol. The van der Waals surface area contributed by atoms with Crippen LogP contribution in [-0.2, 0) is 4.79 Å². The molecule has 158 valence electrons. The molecule has 2 aromatic carbocycles. The molecule has 0 aliphatic heterocycles. The van der Waals surface area contributed by atoms with Crippen LogP contribution in [0.1, 0.15) is 80.3 Å². The number of ether oxygens (including phenoxy) is 2. The van der Waals surface area contributed by atoms with Gasteiger partial charge in [0.05, 0.1) is 13.2 Å². The number of hydrogen-bond acceptors (Lipinski definition) is 3. The fourth-order valence-corrected chi connectivity index (χ4v) is 3.56. The second kappa shape index (κ2) is 9.82. The van der Waals surface area contributed by atoms with E-state index in [4.69, 9.17) is 9.47 Å². The SMILES string of the molecule is COc1cc(C)c(C(C)NC(=O)COc2cc(C)ccc2C(C)C)cc1C(C)C. The maximum atomic E-state index is 12.6. The van der Waals surface area contributed by atoms with Gasteiger partial charge in [-0.3, -0.25) is 4.79 Å². The zero-order valence-corrected chi connectivity index (χ0v) is 19.1. The topological polar surface area (TPSA) is 47.6 Å². The molecule has 0 aromatic heterocycles. The Hall–Kier alpha value is -2.49. The van der Waals surface area contributed by atoms with Crippen LogP contribution in [0.15, 0.2) is 30.3 Å². The van der Waals surface area contributed by atoms with Crippen molar-refractivity contribution >= 4 is 5.91 Å². The van der Waals surface area contributed by atoms with Gasteiger partial charge in [0.25, 0.3) is 5.91 Å². The highest BCUT2D eigenvalue weighted by Crippen LogP contribution is 2.32. The second-order valence-electron chi connectivity index (χ2n) is 8.38. The molecule has 1 unspecified atom stereocenters. The number of rotatable bonds is 8. The minimum Gasteiger partial charge on any atom is -0.496 e. The third kappa shape index (κ3) is 5.75. The number of hydrogen-bond donors (Lipinski definition) is 1. The first kappa shape index (κ1) is 22.8. The van der Waals surface area contributed by atoms with E-state index >= 15 is 0 Å². The standard InChI is InChI=1S/C25H35NO3/c1-15(2)20-10-9-17(5)11-24(20)29-14-25(27)26-19(7)22-13-21(16(3)4)23(28-8)12-18(22)6/h9-13,15-16,19H,14H2,1-8H3,(H,26,27). The summed E-state index contributed by atoms with van der Waals surface area (Å²) in [6.45, 7) is 14.6. The van der Waals surface area contributed by atoms with Crippen LogP contribution < -0.4 is 14.8 Å². The summed E-state index contributed by atoms with van der Waals surface area (Å²) >= 11 is 0. The van der Waals surface area contributed by atoms with Crippen molar-refractivity contribution in [3.8, 4) is 11.5 Å².